The summed E-state index contributed by atoms with van der Waals surface area (Å²) in [7, 11) is -0.893. The molecule has 0 saturated carbocycles. The summed E-state index contributed by atoms with van der Waals surface area (Å²) in [6, 6.07) is 18.5. The molecule has 1 heterocycles. The number of sulfonamides is 1. The Bertz CT molecular complexity index is 1340. The zero-order chi connectivity index (χ0) is 25.2. The third-order valence-corrected chi connectivity index (χ3v) is 7.83. The van der Waals surface area contributed by atoms with Gasteiger partial charge < -0.3 is 19.5 Å². The minimum Gasteiger partial charge on any atom is -0.495 e. The van der Waals surface area contributed by atoms with Gasteiger partial charge in [-0.1, -0.05) is 32.0 Å². The number of fused-ring (bicyclic) bond motifs is 1. The normalized spacial score (nSPS) is 12.8. The second-order valence-electron chi connectivity index (χ2n) is 8.80. The van der Waals surface area contributed by atoms with Gasteiger partial charge in [-0.25, -0.2) is 8.42 Å². The zero-order valence-corrected chi connectivity index (χ0v) is 20.9. The Balaban J connectivity index is 1.45. The molecule has 0 aliphatic carbocycles. The fourth-order valence-electron chi connectivity index (χ4n) is 3.78. The molecule has 184 valence electrons. The minimum atomic E-state index is -3.84. The lowest BCUT2D eigenvalue weighted by atomic mass is 9.84. The van der Waals surface area contributed by atoms with E-state index >= 15 is 0 Å². The minimum absolute atomic E-state index is 0.0724. The van der Waals surface area contributed by atoms with E-state index in [9.17, 15) is 13.2 Å². The van der Waals surface area contributed by atoms with Crippen LogP contribution in [0, 0.1) is 0 Å². The second kappa shape index (κ2) is 9.50. The van der Waals surface area contributed by atoms with Crippen molar-refractivity contribution < 1.29 is 27.4 Å². The molecule has 0 unspecified atom stereocenters. The lowest BCUT2D eigenvalue weighted by Crippen LogP contribution is -2.36. The molecular formula is C26H28N2O6S. The first kappa shape index (κ1) is 24.4. The van der Waals surface area contributed by atoms with E-state index in [0.29, 0.717) is 35.0 Å². The first-order valence-corrected chi connectivity index (χ1v) is 12.5. The molecule has 0 atom stereocenters. The molecule has 0 saturated heterocycles. The van der Waals surface area contributed by atoms with E-state index in [0.717, 1.165) is 9.87 Å². The van der Waals surface area contributed by atoms with Crippen LogP contribution in [0.2, 0.25) is 0 Å². The van der Waals surface area contributed by atoms with Crippen LogP contribution >= 0.6 is 0 Å². The largest absolute Gasteiger partial charge is 0.495 e. The molecule has 1 aliphatic rings. The molecule has 0 bridgehead atoms. The van der Waals surface area contributed by atoms with Crippen molar-refractivity contribution in [3.05, 3.63) is 77.9 Å². The standard InChI is InChI=1S/C26H28N2O6S/c1-26(2,19-11-14-23-24(15-19)34-17-33-23)16-27-25(29)18-9-12-20(13-10-18)35(30,31)28(3)21-7-5-6-8-22(21)32-4/h5-15H,16-17H2,1-4H3,(H,27,29). The fraction of sp³-hybridized carbons (Fsp3) is 0.269. The first-order valence-electron chi connectivity index (χ1n) is 11.0. The van der Waals surface area contributed by atoms with E-state index < -0.39 is 10.0 Å². The van der Waals surface area contributed by atoms with Gasteiger partial charge in [-0.2, -0.15) is 0 Å². The molecule has 4 rings (SSSR count). The van der Waals surface area contributed by atoms with E-state index in [1.165, 1.54) is 38.4 Å². The van der Waals surface area contributed by atoms with Crippen molar-refractivity contribution in [1.29, 1.82) is 0 Å². The molecule has 35 heavy (non-hydrogen) atoms. The molecule has 9 heteroatoms. The Morgan fingerprint density at radius 2 is 1.71 bits per heavy atom. The molecule has 8 nitrogen and oxygen atoms in total. The van der Waals surface area contributed by atoms with Crippen molar-refractivity contribution >= 4 is 21.6 Å². The highest BCUT2D eigenvalue weighted by Crippen LogP contribution is 2.36. The highest BCUT2D eigenvalue weighted by molar-refractivity contribution is 7.92. The number of nitrogens with one attached hydrogen (secondary N) is 1. The fourth-order valence-corrected chi connectivity index (χ4v) is 4.98. The van der Waals surface area contributed by atoms with Crippen LogP contribution in [-0.2, 0) is 15.4 Å². The van der Waals surface area contributed by atoms with E-state index in [1.54, 1.807) is 24.3 Å². The number of carbonyl (C=O) groups excluding carboxylic acids is 1. The average Bonchev–Trinajstić information content (AvgIpc) is 3.35. The van der Waals surface area contributed by atoms with Crippen LogP contribution in [0.3, 0.4) is 0 Å². The summed E-state index contributed by atoms with van der Waals surface area (Å²) < 4.78 is 43.5. The van der Waals surface area contributed by atoms with Crippen molar-refractivity contribution in [3.63, 3.8) is 0 Å². The summed E-state index contributed by atoms with van der Waals surface area (Å²) in [6.45, 7) is 4.63. The lowest BCUT2D eigenvalue weighted by molar-refractivity contribution is 0.0945. The van der Waals surface area contributed by atoms with Gasteiger partial charge >= 0.3 is 0 Å². The number of carbonyl (C=O) groups is 1. The summed E-state index contributed by atoms with van der Waals surface area (Å²) in [4.78, 5) is 12.8. The van der Waals surface area contributed by atoms with Gasteiger partial charge in [-0.05, 0) is 54.1 Å². The number of hydrogen-bond acceptors (Lipinski definition) is 6. The van der Waals surface area contributed by atoms with Crippen molar-refractivity contribution in [2.45, 2.75) is 24.2 Å². The Labute approximate surface area is 205 Å². The number of amides is 1. The van der Waals surface area contributed by atoms with Gasteiger partial charge in [0, 0.05) is 24.6 Å². The number of para-hydroxylation sites is 2. The van der Waals surface area contributed by atoms with Crippen molar-refractivity contribution in [1.82, 2.24) is 5.32 Å². The van der Waals surface area contributed by atoms with Gasteiger partial charge in [-0.3, -0.25) is 9.10 Å². The van der Waals surface area contributed by atoms with E-state index in [-0.39, 0.29) is 23.0 Å². The highest BCUT2D eigenvalue weighted by Gasteiger charge is 2.26. The van der Waals surface area contributed by atoms with Crippen molar-refractivity contribution in [3.8, 4) is 17.2 Å². The summed E-state index contributed by atoms with van der Waals surface area (Å²) >= 11 is 0. The van der Waals surface area contributed by atoms with Gasteiger partial charge in [0.25, 0.3) is 15.9 Å². The van der Waals surface area contributed by atoms with Crippen molar-refractivity contribution in [2.75, 3.05) is 31.8 Å². The van der Waals surface area contributed by atoms with E-state index in [2.05, 4.69) is 5.32 Å². The highest BCUT2D eigenvalue weighted by atomic mass is 32.2. The number of ether oxygens (including phenoxy) is 3. The van der Waals surface area contributed by atoms with Gasteiger partial charge in [0.15, 0.2) is 11.5 Å². The average molecular weight is 497 g/mol. The lowest BCUT2D eigenvalue weighted by Gasteiger charge is -2.26. The molecule has 0 radical (unpaired) electrons. The number of benzene rings is 3. The van der Waals surface area contributed by atoms with Crippen LogP contribution in [0.1, 0.15) is 29.8 Å². The Kier molecular flexibility index (Phi) is 6.62. The summed E-state index contributed by atoms with van der Waals surface area (Å²) in [6.07, 6.45) is 0. The smallest absolute Gasteiger partial charge is 0.264 e. The Hall–Kier alpha value is -3.72. The maximum atomic E-state index is 13.1. The number of anilines is 1. The summed E-state index contributed by atoms with van der Waals surface area (Å²) in [5.41, 5.74) is 1.42. The molecule has 1 N–H and O–H groups in total. The summed E-state index contributed by atoms with van der Waals surface area (Å²) in [5, 5.41) is 2.94. The molecule has 1 amide bonds. The molecule has 1 aliphatic heterocycles. The maximum Gasteiger partial charge on any atom is 0.264 e. The molecule has 3 aromatic rings. The predicted octanol–water partition coefficient (Wildman–Crippen LogP) is 3.96. The molecule has 0 fully saturated rings. The van der Waals surface area contributed by atoms with Gasteiger partial charge in [0.2, 0.25) is 6.79 Å². The van der Waals surface area contributed by atoms with Crippen LogP contribution < -0.4 is 23.8 Å². The van der Waals surface area contributed by atoms with E-state index in [4.69, 9.17) is 14.2 Å². The van der Waals surface area contributed by atoms with Gasteiger partial charge in [0.05, 0.1) is 17.7 Å². The van der Waals surface area contributed by atoms with Crippen LogP contribution in [0.4, 0.5) is 5.69 Å². The van der Waals surface area contributed by atoms with Gasteiger partial charge in [-0.15, -0.1) is 0 Å². The van der Waals surface area contributed by atoms with E-state index in [1.807, 2.05) is 32.0 Å². The number of methoxy groups -OCH3 is 1. The van der Waals surface area contributed by atoms with Crippen LogP contribution in [0.15, 0.2) is 71.6 Å². The number of nitrogens with zero attached hydrogens (tertiary/aromatic N) is 1. The third kappa shape index (κ3) is 4.90. The molecule has 3 aromatic carbocycles. The monoisotopic (exact) mass is 496 g/mol. The Morgan fingerprint density at radius 3 is 2.43 bits per heavy atom. The molecule has 0 spiro atoms. The van der Waals surface area contributed by atoms with Crippen LogP contribution in [0.5, 0.6) is 17.2 Å². The maximum absolute atomic E-state index is 13.1. The van der Waals surface area contributed by atoms with Crippen LogP contribution in [0.25, 0.3) is 0 Å². The van der Waals surface area contributed by atoms with Crippen LogP contribution in [-0.4, -0.2) is 41.8 Å². The molecule has 0 aromatic heterocycles. The SMILES string of the molecule is COc1ccccc1N(C)S(=O)(=O)c1ccc(C(=O)NCC(C)(C)c2ccc3c(c2)OCO3)cc1. The van der Waals surface area contributed by atoms with Crippen molar-refractivity contribution in [2.24, 2.45) is 0 Å². The second-order valence-corrected chi connectivity index (χ2v) is 10.8. The number of rotatable bonds is 8. The Morgan fingerprint density at radius 1 is 1.03 bits per heavy atom. The summed E-state index contributed by atoms with van der Waals surface area (Å²) in [5.74, 6) is 1.55. The zero-order valence-electron chi connectivity index (χ0n) is 20.1. The third-order valence-electron chi connectivity index (χ3n) is 6.04. The quantitative estimate of drug-likeness (QED) is 0.507. The number of hydrogen-bond donors (Lipinski definition) is 1. The predicted molar refractivity (Wildman–Crippen MR) is 133 cm³/mol. The molecular weight excluding hydrogens is 468 g/mol. The van der Waals surface area contributed by atoms with Gasteiger partial charge in [0.1, 0.15) is 5.75 Å². The first-order chi connectivity index (χ1) is 16.6. The topological polar surface area (TPSA) is 94.2 Å².